The summed E-state index contributed by atoms with van der Waals surface area (Å²) in [4.78, 5) is 21.7. The van der Waals surface area contributed by atoms with Gasteiger partial charge in [-0.05, 0) is 19.1 Å². The number of H-pyrrole nitrogens is 1. The van der Waals surface area contributed by atoms with Crippen LogP contribution >= 0.6 is 0 Å². The van der Waals surface area contributed by atoms with Gasteiger partial charge in [-0.2, -0.15) is 10.2 Å². The number of benzene rings is 1. The first-order chi connectivity index (χ1) is 9.97. The van der Waals surface area contributed by atoms with E-state index in [1.54, 1.807) is 6.92 Å². The maximum Gasteiger partial charge on any atom is 0.291 e. The Hall–Kier alpha value is -3.23. The average Bonchev–Trinajstić information content (AvgIpc) is 2.87. The molecule has 9 nitrogen and oxygen atoms in total. The van der Waals surface area contributed by atoms with Crippen LogP contribution in [0.2, 0.25) is 0 Å². The van der Waals surface area contributed by atoms with E-state index < -0.39 is 10.8 Å². The van der Waals surface area contributed by atoms with Crippen LogP contribution in [0.1, 0.15) is 21.7 Å². The van der Waals surface area contributed by atoms with Crippen LogP contribution in [0.25, 0.3) is 0 Å². The summed E-state index contributed by atoms with van der Waals surface area (Å²) in [6.07, 6.45) is 1.11. The predicted molar refractivity (Wildman–Crippen MR) is 73.1 cm³/mol. The number of phenols is 1. The normalized spacial score (nSPS) is 10.7. The first-order valence-corrected chi connectivity index (χ1v) is 5.80. The van der Waals surface area contributed by atoms with E-state index in [0.29, 0.717) is 0 Å². The van der Waals surface area contributed by atoms with E-state index in [0.717, 1.165) is 24.0 Å². The number of hydrogen-bond acceptors (Lipinski definition) is 6. The number of nitrogens with one attached hydrogen (secondary N) is 2. The highest BCUT2D eigenvalue weighted by atomic mass is 16.6. The van der Waals surface area contributed by atoms with Gasteiger partial charge in [-0.1, -0.05) is 0 Å². The third-order valence-electron chi connectivity index (χ3n) is 2.53. The highest BCUT2D eigenvalue weighted by molar-refractivity contribution is 5.93. The Bertz CT molecular complexity index is 722. The molecule has 0 fully saturated rings. The van der Waals surface area contributed by atoms with Crippen molar-refractivity contribution in [3.05, 3.63) is 51.3 Å². The van der Waals surface area contributed by atoms with Gasteiger partial charge in [0.2, 0.25) is 0 Å². The zero-order valence-corrected chi connectivity index (χ0v) is 10.9. The quantitative estimate of drug-likeness (QED) is 0.440. The van der Waals surface area contributed by atoms with Crippen LogP contribution in [-0.2, 0) is 0 Å². The Morgan fingerprint density at radius 2 is 2.29 bits per heavy atom. The Kier molecular flexibility index (Phi) is 3.93. The number of nitrogens with zero attached hydrogens (tertiary/aromatic N) is 3. The summed E-state index contributed by atoms with van der Waals surface area (Å²) < 4.78 is 0. The molecule has 0 unspecified atom stereocenters. The molecule has 2 rings (SSSR count). The Labute approximate surface area is 118 Å². The number of hydrazone groups is 1. The van der Waals surface area contributed by atoms with Crippen molar-refractivity contribution in [2.75, 3.05) is 0 Å². The number of hydrogen-bond donors (Lipinski definition) is 3. The number of aromatic amines is 1. The van der Waals surface area contributed by atoms with E-state index in [2.05, 4.69) is 20.7 Å². The molecule has 0 aliphatic carbocycles. The Morgan fingerprint density at radius 1 is 1.52 bits per heavy atom. The molecule has 0 radical (unpaired) electrons. The van der Waals surface area contributed by atoms with Crippen molar-refractivity contribution in [3.63, 3.8) is 0 Å². The van der Waals surface area contributed by atoms with Gasteiger partial charge in [0.15, 0.2) is 5.69 Å². The molecule has 0 spiro atoms. The standard InChI is InChI=1S/C12H11N5O4/c1-7-4-10(15-14-7)12(19)16-13-6-8-5-9(17(20)21)2-3-11(8)18/h2-6,18H,1H3,(H,14,15)(H,16,19). The van der Waals surface area contributed by atoms with E-state index in [-0.39, 0.29) is 22.7 Å². The van der Waals surface area contributed by atoms with Crippen molar-refractivity contribution in [3.8, 4) is 5.75 Å². The van der Waals surface area contributed by atoms with Crippen LogP contribution in [0.5, 0.6) is 5.75 Å². The number of phenolic OH excluding ortho intramolecular Hbond substituents is 1. The molecule has 0 aliphatic heterocycles. The molecule has 108 valence electrons. The molecule has 9 heteroatoms. The number of carbonyl (C=O) groups is 1. The van der Waals surface area contributed by atoms with Crippen LogP contribution in [0.4, 0.5) is 5.69 Å². The molecule has 0 atom stereocenters. The molecule has 0 saturated carbocycles. The van der Waals surface area contributed by atoms with Gasteiger partial charge in [0, 0.05) is 23.4 Å². The Balaban J connectivity index is 2.09. The number of non-ortho nitro benzene ring substituents is 1. The van der Waals surface area contributed by atoms with Crippen LogP contribution in [0.3, 0.4) is 0 Å². The second-order valence-electron chi connectivity index (χ2n) is 4.14. The second-order valence-corrected chi connectivity index (χ2v) is 4.14. The molecule has 1 aromatic carbocycles. The van der Waals surface area contributed by atoms with Crippen molar-refractivity contribution in [2.45, 2.75) is 6.92 Å². The fourth-order valence-electron chi connectivity index (χ4n) is 1.51. The van der Waals surface area contributed by atoms with Crippen molar-refractivity contribution < 1.29 is 14.8 Å². The lowest BCUT2D eigenvalue weighted by atomic mass is 10.2. The Morgan fingerprint density at radius 3 is 2.90 bits per heavy atom. The fourth-order valence-corrected chi connectivity index (χ4v) is 1.51. The van der Waals surface area contributed by atoms with Gasteiger partial charge >= 0.3 is 0 Å². The number of amides is 1. The van der Waals surface area contributed by atoms with E-state index in [9.17, 15) is 20.0 Å². The molecular formula is C12H11N5O4. The maximum absolute atomic E-state index is 11.6. The van der Waals surface area contributed by atoms with Crippen molar-refractivity contribution >= 4 is 17.8 Å². The summed E-state index contributed by atoms with van der Waals surface area (Å²) in [5, 5.41) is 30.2. The smallest absolute Gasteiger partial charge is 0.291 e. The first-order valence-electron chi connectivity index (χ1n) is 5.80. The maximum atomic E-state index is 11.6. The number of rotatable bonds is 4. The molecule has 1 aromatic heterocycles. The van der Waals surface area contributed by atoms with Gasteiger partial charge in [0.05, 0.1) is 11.1 Å². The number of aromatic hydroxyl groups is 1. The molecule has 3 N–H and O–H groups in total. The average molecular weight is 289 g/mol. The van der Waals surface area contributed by atoms with Crippen molar-refractivity contribution in [1.82, 2.24) is 15.6 Å². The molecule has 2 aromatic rings. The van der Waals surface area contributed by atoms with Crippen molar-refractivity contribution in [2.24, 2.45) is 5.10 Å². The number of carbonyl (C=O) groups excluding carboxylic acids is 1. The molecule has 0 aliphatic rings. The minimum Gasteiger partial charge on any atom is -0.507 e. The lowest BCUT2D eigenvalue weighted by Crippen LogP contribution is -2.18. The van der Waals surface area contributed by atoms with Crippen LogP contribution < -0.4 is 5.43 Å². The second kappa shape index (κ2) is 5.82. The SMILES string of the molecule is Cc1cc(C(=O)NN=Cc2cc([N+](=O)[O-])ccc2O)n[nH]1. The van der Waals surface area contributed by atoms with Gasteiger partial charge in [-0.15, -0.1) is 0 Å². The summed E-state index contributed by atoms with van der Waals surface area (Å²) in [5.74, 6) is -0.727. The number of nitro groups is 1. The van der Waals surface area contributed by atoms with E-state index in [1.807, 2.05) is 0 Å². The molecule has 21 heavy (non-hydrogen) atoms. The third-order valence-corrected chi connectivity index (χ3v) is 2.53. The van der Waals surface area contributed by atoms with Crippen LogP contribution in [0, 0.1) is 17.0 Å². The number of nitro benzene ring substituents is 1. The highest BCUT2D eigenvalue weighted by Crippen LogP contribution is 2.21. The first kappa shape index (κ1) is 14.2. The van der Waals surface area contributed by atoms with Crippen LogP contribution in [0.15, 0.2) is 29.4 Å². The van der Waals surface area contributed by atoms with Crippen molar-refractivity contribution in [1.29, 1.82) is 0 Å². The molecule has 0 saturated heterocycles. The summed E-state index contributed by atoms with van der Waals surface area (Å²) >= 11 is 0. The molecule has 1 heterocycles. The zero-order valence-electron chi connectivity index (χ0n) is 10.9. The van der Waals surface area contributed by atoms with E-state index >= 15 is 0 Å². The summed E-state index contributed by atoms with van der Waals surface area (Å²) in [6, 6.07) is 5.02. The van der Waals surface area contributed by atoms with E-state index in [1.165, 1.54) is 12.1 Å². The summed E-state index contributed by atoms with van der Waals surface area (Å²) in [6.45, 7) is 1.74. The number of aromatic nitrogens is 2. The minimum absolute atomic E-state index is 0.114. The van der Waals surface area contributed by atoms with Gasteiger partial charge in [0.1, 0.15) is 5.75 Å². The van der Waals surface area contributed by atoms with Gasteiger partial charge in [0.25, 0.3) is 11.6 Å². The van der Waals surface area contributed by atoms with Gasteiger partial charge < -0.3 is 5.11 Å². The molecular weight excluding hydrogens is 278 g/mol. The zero-order chi connectivity index (χ0) is 15.4. The molecule has 1 amide bonds. The largest absolute Gasteiger partial charge is 0.507 e. The summed E-state index contributed by atoms with van der Waals surface area (Å²) in [5.41, 5.74) is 3.01. The summed E-state index contributed by atoms with van der Waals surface area (Å²) in [7, 11) is 0. The van der Waals surface area contributed by atoms with Crippen LogP contribution in [-0.4, -0.2) is 32.3 Å². The topological polar surface area (TPSA) is 134 Å². The fraction of sp³-hybridized carbons (Fsp3) is 0.0833. The lowest BCUT2D eigenvalue weighted by Gasteiger charge is -1.99. The van der Waals surface area contributed by atoms with Gasteiger partial charge in [-0.3, -0.25) is 20.0 Å². The monoisotopic (exact) mass is 289 g/mol. The van der Waals surface area contributed by atoms with E-state index in [4.69, 9.17) is 0 Å². The number of aryl methyl sites for hydroxylation is 1. The third kappa shape index (κ3) is 3.41. The van der Waals surface area contributed by atoms with Gasteiger partial charge in [-0.25, -0.2) is 5.43 Å². The lowest BCUT2D eigenvalue weighted by molar-refractivity contribution is -0.384. The highest BCUT2D eigenvalue weighted by Gasteiger charge is 2.10. The molecule has 0 bridgehead atoms. The minimum atomic E-state index is -0.595. The predicted octanol–water partition coefficient (Wildman–Crippen LogP) is 1.10.